The molecule has 0 unspecified atom stereocenters. The number of aryl methyl sites for hydroxylation is 2. The highest BCUT2D eigenvalue weighted by atomic mass is 16.5. The lowest BCUT2D eigenvalue weighted by molar-refractivity contribution is 0.0758. The maximum Gasteiger partial charge on any atom is 0.274 e. The molecule has 1 aliphatic heterocycles. The van der Waals surface area contributed by atoms with Crippen LogP contribution in [0.4, 0.5) is 5.95 Å². The average molecular weight is 358 g/mol. The van der Waals surface area contributed by atoms with Crippen LogP contribution in [0.15, 0.2) is 18.5 Å². The van der Waals surface area contributed by atoms with E-state index in [4.69, 9.17) is 4.74 Å². The van der Waals surface area contributed by atoms with E-state index in [2.05, 4.69) is 20.0 Å². The van der Waals surface area contributed by atoms with Crippen molar-refractivity contribution in [1.82, 2.24) is 24.6 Å². The molecule has 2 aromatic heterocycles. The predicted molar refractivity (Wildman–Crippen MR) is 98.4 cm³/mol. The second-order valence-electron chi connectivity index (χ2n) is 6.83. The Kier molecular flexibility index (Phi) is 5.39. The van der Waals surface area contributed by atoms with Gasteiger partial charge in [0.15, 0.2) is 11.4 Å². The van der Waals surface area contributed by atoms with E-state index in [1.807, 2.05) is 27.1 Å². The Morgan fingerprint density at radius 3 is 2.50 bits per heavy atom. The summed E-state index contributed by atoms with van der Waals surface area (Å²) in [6.45, 7) is 4.47. The summed E-state index contributed by atoms with van der Waals surface area (Å²) in [4.78, 5) is 25.2. The van der Waals surface area contributed by atoms with Gasteiger partial charge in [-0.2, -0.15) is 5.10 Å². The fourth-order valence-corrected chi connectivity index (χ4v) is 3.22. The van der Waals surface area contributed by atoms with Crippen LogP contribution < -0.4 is 9.64 Å². The molecule has 0 aromatic carbocycles. The number of piperidine rings is 1. The molecule has 0 aliphatic carbocycles. The molecular formula is C18H26N6O2. The van der Waals surface area contributed by atoms with Gasteiger partial charge < -0.3 is 14.5 Å². The lowest BCUT2D eigenvalue weighted by atomic mass is 9.96. The van der Waals surface area contributed by atoms with Crippen molar-refractivity contribution >= 4 is 11.9 Å². The molecule has 0 radical (unpaired) electrons. The van der Waals surface area contributed by atoms with Crippen LogP contribution in [0.5, 0.6) is 5.75 Å². The average Bonchev–Trinajstić information content (AvgIpc) is 3.00. The van der Waals surface area contributed by atoms with E-state index in [1.54, 1.807) is 29.1 Å². The number of hydrogen-bond donors (Lipinski definition) is 0. The Morgan fingerprint density at radius 1 is 1.31 bits per heavy atom. The Hall–Kier alpha value is -2.64. The second-order valence-corrected chi connectivity index (χ2v) is 6.83. The Bertz CT molecular complexity index is 730. The number of methoxy groups -OCH3 is 1. The summed E-state index contributed by atoms with van der Waals surface area (Å²) in [6.07, 6.45) is 5.40. The molecule has 0 saturated carbocycles. The molecule has 8 nitrogen and oxygen atoms in total. The number of anilines is 1. The normalized spacial score (nSPS) is 15.2. The molecule has 140 valence electrons. The molecule has 0 bridgehead atoms. The number of hydrogen-bond acceptors (Lipinski definition) is 6. The van der Waals surface area contributed by atoms with Gasteiger partial charge in [0.05, 0.1) is 19.5 Å². The van der Waals surface area contributed by atoms with Crippen LogP contribution in [0.3, 0.4) is 0 Å². The van der Waals surface area contributed by atoms with Crippen LogP contribution in [0.1, 0.15) is 29.0 Å². The van der Waals surface area contributed by atoms with E-state index in [1.165, 1.54) is 0 Å². The third-order valence-corrected chi connectivity index (χ3v) is 4.96. The van der Waals surface area contributed by atoms with Gasteiger partial charge >= 0.3 is 0 Å². The van der Waals surface area contributed by atoms with Gasteiger partial charge in [-0.15, -0.1) is 0 Å². The van der Waals surface area contributed by atoms with Crippen LogP contribution in [0.25, 0.3) is 0 Å². The molecule has 2 aromatic rings. The summed E-state index contributed by atoms with van der Waals surface area (Å²) in [6, 6.07) is 1.84. The van der Waals surface area contributed by atoms with Crippen molar-refractivity contribution in [2.75, 3.05) is 38.7 Å². The Morgan fingerprint density at radius 2 is 1.96 bits per heavy atom. The SMILES string of the molecule is COc1cnc(N2CCC(CN(C)C(=O)c3cc(C)n(C)n3)CC2)nc1. The van der Waals surface area contributed by atoms with Gasteiger partial charge in [0.2, 0.25) is 5.95 Å². The van der Waals surface area contributed by atoms with Crippen molar-refractivity contribution in [3.8, 4) is 5.75 Å². The molecule has 1 amide bonds. The van der Waals surface area contributed by atoms with Crippen LogP contribution in [-0.4, -0.2) is 64.3 Å². The number of ether oxygens (including phenoxy) is 1. The molecule has 1 aliphatic rings. The topological polar surface area (TPSA) is 76.4 Å². The number of rotatable bonds is 5. The van der Waals surface area contributed by atoms with Gasteiger partial charge in [-0.1, -0.05) is 0 Å². The lowest BCUT2D eigenvalue weighted by Crippen LogP contribution is -2.40. The zero-order valence-corrected chi connectivity index (χ0v) is 15.8. The van der Waals surface area contributed by atoms with Crippen molar-refractivity contribution in [3.63, 3.8) is 0 Å². The molecule has 8 heteroatoms. The number of nitrogens with zero attached hydrogens (tertiary/aromatic N) is 6. The van der Waals surface area contributed by atoms with Crippen LogP contribution in [0.2, 0.25) is 0 Å². The third-order valence-electron chi connectivity index (χ3n) is 4.96. The van der Waals surface area contributed by atoms with Gasteiger partial charge in [0, 0.05) is 39.4 Å². The zero-order chi connectivity index (χ0) is 18.7. The quantitative estimate of drug-likeness (QED) is 0.806. The van der Waals surface area contributed by atoms with Gasteiger partial charge in [0.1, 0.15) is 0 Å². The molecule has 26 heavy (non-hydrogen) atoms. The first kappa shape index (κ1) is 18.2. The van der Waals surface area contributed by atoms with E-state index in [-0.39, 0.29) is 5.91 Å². The molecule has 1 fully saturated rings. The largest absolute Gasteiger partial charge is 0.494 e. The summed E-state index contributed by atoms with van der Waals surface area (Å²) >= 11 is 0. The van der Waals surface area contributed by atoms with E-state index in [0.29, 0.717) is 17.4 Å². The van der Waals surface area contributed by atoms with Crippen molar-refractivity contribution in [3.05, 3.63) is 29.8 Å². The van der Waals surface area contributed by atoms with E-state index in [9.17, 15) is 4.79 Å². The van der Waals surface area contributed by atoms with Crippen molar-refractivity contribution in [2.45, 2.75) is 19.8 Å². The lowest BCUT2D eigenvalue weighted by Gasteiger charge is -2.33. The third kappa shape index (κ3) is 3.95. The van der Waals surface area contributed by atoms with Crippen molar-refractivity contribution < 1.29 is 9.53 Å². The second kappa shape index (κ2) is 7.72. The highest BCUT2D eigenvalue weighted by Crippen LogP contribution is 2.22. The molecule has 0 atom stereocenters. The first-order valence-corrected chi connectivity index (χ1v) is 8.85. The van der Waals surface area contributed by atoms with Crippen LogP contribution in [-0.2, 0) is 7.05 Å². The summed E-state index contributed by atoms with van der Waals surface area (Å²) in [5.41, 5.74) is 1.49. The minimum Gasteiger partial charge on any atom is -0.494 e. The van der Waals surface area contributed by atoms with Gasteiger partial charge in [0.25, 0.3) is 5.91 Å². The van der Waals surface area contributed by atoms with Crippen LogP contribution >= 0.6 is 0 Å². The molecule has 0 spiro atoms. The van der Waals surface area contributed by atoms with Crippen LogP contribution in [0, 0.1) is 12.8 Å². The smallest absolute Gasteiger partial charge is 0.274 e. The molecule has 0 N–H and O–H groups in total. The fraction of sp³-hybridized carbons (Fsp3) is 0.556. The minimum atomic E-state index is -0.0189. The minimum absolute atomic E-state index is 0.0189. The zero-order valence-electron chi connectivity index (χ0n) is 15.8. The summed E-state index contributed by atoms with van der Waals surface area (Å²) in [7, 11) is 5.31. The molecular weight excluding hydrogens is 332 g/mol. The van der Waals surface area contributed by atoms with Gasteiger partial charge in [-0.3, -0.25) is 9.48 Å². The first-order chi connectivity index (χ1) is 12.5. The highest BCUT2D eigenvalue weighted by molar-refractivity contribution is 5.92. The van der Waals surface area contributed by atoms with E-state index < -0.39 is 0 Å². The van der Waals surface area contributed by atoms with E-state index >= 15 is 0 Å². The summed E-state index contributed by atoms with van der Waals surface area (Å²) < 4.78 is 6.83. The van der Waals surface area contributed by atoms with Gasteiger partial charge in [-0.05, 0) is 31.7 Å². The van der Waals surface area contributed by atoms with Crippen molar-refractivity contribution in [1.29, 1.82) is 0 Å². The Labute approximate surface area is 153 Å². The number of carbonyl (C=O) groups is 1. The number of aromatic nitrogens is 4. The molecule has 1 saturated heterocycles. The monoisotopic (exact) mass is 358 g/mol. The van der Waals surface area contributed by atoms with E-state index in [0.717, 1.165) is 44.1 Å². The molecule has 3 rings (SSSR count). The highest BCUT2D eigenvalue weighted by Gasteiger charge is 2.24. The standard InChI is InChI=1S/C18H26N6O2/c1-13-9-16(21-23(13)3)17(25)22(2)12-14-5-7-24(8-6-14)18-19-10-15(26-4)11-20-18/h9-11,14H,5-8,12H2,1-4H3. The predicted octanol–water partition coefficient (Wildman–Crippen LogP) is 1.52. The maximum absolute atomic E-state index is 12.5. The maximum atomic E-state index is 12.5. The molecule has 3 heterocycles. The number of carbonyl (C=O) groups excluding carboxylic acids is 1. The number of amides is 1. The van der Waals surface area contributed by atoms with Gasteiger partial charge in [-0.25, -0.2) is 9.97 Å². The van der Waals surface area contributed by atoms with Crippen molar-refractivity contribution in [2.24, 2.45) is 13.0 Å². The summed E-state index contributed by atoms with van der Waals surface area (Å²) in [5, 5.41) is 4.28. The first-order valence-electron chi connectivity index (χ1n) is 8.85. The fourth-order valence-electron chi connectivity index (χ4n) is 3.22. The summed E-state index contributed by atoms with van der Waals surface area (Å²) in [5.74, 6) is 1.85. The Balaban J connectivity index is 1.52.